The van der Waals surface area contributed by atoms with Gasteiger partial charge in [0.2, 0.25) is 0 Å². The third-order valence-electron chi connectivity index (χ3n) is 9.34. The van der Waals surface area contributed by atoms with Crippen LogP contribution in [-0.2, 0) is 6.54 Å². The van der Waals surface area contributed by atoms with Gasteiger partial charge < -0.3 is 20.0 Å². The number of benzene rings is 3. The van der Waals surface area contributed by atoms with E-state index in [4.69, 9.17) is 0 Å². The van der Waals surface area contributed by atoms with Gasteiger partial charge in [-0.1, -0.05) is 73.7 Å². The van der Waals surface area contributed by atoms with Crippen molar-refractivity contribution in [2.45, 2.75) is 63.6 Å². The summed E-state index contributed by atoms with van der Waals surface area (Å²) in [6.45, 7) is 6.31. The summed E-state index contributed by atoms with van der Waals surface area (Å²) in [4.78, 5) is 32.9. The van der Waals surface area contributed by atoms with Crippen LogP contribution in [0, 0.1) is 11.7 Å². The summed E-state index contributed by atoms with van der Waals surface area (Å²) in [5, 5.41) is 3.13. The number of nitrogens with zero attached hydrogens (tertiary/aromatic N) is 3. The van der Waals surface area contributed by atoms with E-state index < -0.39 is 0 Å². The minimum atomic E-state index is -0.389. The van der Waals surface area contributed by atoms with Crippen LogP contribution in [0.15, 0.2) is 84.9 Å². The predicted octanol–water partition coefficient (Wildman–Crippen LogP) is 6.55. The van der Waals surface area contributed by atoms with Crippen LogP contribution < -0.4 is 5.32 Å². The lowest BCUT2D eigenvalue weighted by Crippen LogP contribution is -2.51. The average Bonchev–Trinajstić information content (AvgIpc) is 3.47. The van der Waals surface area contributed by atoms with E-state index in [1.807, 2.05) is 53.2 Å². The van der Waals surface area contributed by atoms with Crippen molar-refractivity contribution in [3.05, 3.63) is 107 Å². The first-order valence-electron chi connectivity index (χ1n) is 15.8. The number of hydrogen-bond donors (Lipinski definition) is 1. The molecule has 7 heteroatoms. The summed E-state index contributed by atoms with van der Waals surface area (Å²) >= 11 is 0. The smallest absolute Gasteiger partial charge is 0.317 e. The van der Waals surface area contributed by atoms with Gasteiger partial charge in [-0.25, -0.2) is 9.18 Å². The number of piperidine rings is 1. The van der Waals surface area contributed by atoms with Crippen LogP contribution in [0.5, 0.6) is 0 Å². The maximum Gasteiger partial charge on any atom is 0.317 e. The fourth-order valence-corrected chi connectivity index (χ4v) is 7.02. The van der Waals surface area contributed by atoms with Crippen LogP contribution >= 0.6 is 0 Å². The molecule has 3 aromatic carbocycles. The molecule has 1 saturated heterocycles. The van der Waals surface area contributed by atoms with Gasteiger partial charge in [0, 0.05) is 57.4 Å². The number of rotatable bonds is 10. The van der Waals surface area contributed by atoms with Crippen molar-refractivity contribution in [2.24, 2.45) is 5.92 Å². The Morgan fingerprint density at radius 1 is 0.907 bits per heavy atom. The summed E-state index contributed by atoms with van der Waals surface area (Å²) in [7, 11) is 1.86. The van der Waals surface area contributed by atoms with Crippen molar-refractivity contribution in [3.8, 4) is 0 Å². The van der Waals surface area contributed by atoms with E-state index in [9.17, 15) is 14.0 Å². The standard InChI is InChI=1S/C36H45FN4O2/c1-3-19-41(36(43)38-25-27-11-6-4-7-12-27)32-17-20-40(21-18-32)26-30-23-33(24-34(30)28-13-8-5-9-14-28)39(2)35(42)29-15-10-16-31(37)22-29/h4-16,22,30,32-34H,3,17-21,23-26H2,1-2H3,(H,38,43). The van der Waals surface area contributed by atoms with Crippen LogP contribution in [0.2, 0.25) is 0 Å². The minimum Gasteiger partial charge on any atom is -0.339 e. The van der Waals surface area contributed by atoms with Gasteiger partial charge in [-0.05, 0) is 73.3 Å². The van der Waals surface area contributed by atoms with E-state index in [2.05, 4.69) is 41.4 Å². The second-order valence-corrected chi connectivity index (χ2v) is 12.2. The molecule has 3 atom stereocenters. The summed E-state index contributed by atoms with van der Waals surface area (Å²) < 4.78 is 13.8. The predicted molar refractivity (Wildman–Crippen MR) is 169 cm³/mol. The Balaban J connectivity index is 1.20. The van der Waals surface area contributed by atoms with Gasteiger partial charge >= 0.3 is 6.03 Å². The molecule has 5 rings (SSSR count). The Morgan fingerprint density at radius 2 is 1.60 bits per heavy atom. The van der Waals surface area contributed by atoms with Crippen LogP contribution in [0.3, 0.4) is 0 Å². The van der Waals surface area contributed by atoms with Crippen molar-refractivity contribution in [1.29, 1.82) is 0 Å². The van der Waals surface area contributed by atoms with E-state index in [1.165, 1.54) is 17.7 Å². The zero-order valence-corrected chi connectivity index (χ0v) is 25.5. The Labute approximate surface area is 255 Å². The molecule has 0 radical (unpaired) electrons. The highest BCUT2D eigenvalue weighted by molar-refractivity contribution is 5.94. The first-order chi connectivity index (χ1) is 20.9. The Bertz CT molecular complexity index is 1330. The number of carbonyl (C=O) groups excluding carboxylic acids is 2. The van der Waals surface area contributed by atoms with E-state index in [0.29, 0.717) is 23.9 Å². The van der Waals surface area contributed by atoms with Gasteiger partial charge in [-0.3, -0.25) is 4.79 Å². The first-order valence-corrected chi connectivity index (χ1v) is 15.8. The van der Waals surface area contributed by atoms with Crippen LogP contribution in [0.4, 0.5) is 9.18 Å². The van der Waals surface area contributed by atoms with E-state index in [-0.39, 0.29) is 29.8 Å². The molecule has 0 bridgehead atoms. The van der Waals surface area contributed by atoms with Crippen molar-refractivity contribution in [2.75, 3.05) is 33.2 Å². The second-order valence-electron chi connectivity index (χ2n) is 12.2. The fourth-order valence-electron chi connectivity index (χ4n) is 7.02. The molecule has 1 N–H and O–H groups in total. The van der Waals surface area contributed by atoms with Crippen molar-refractivity contribution in [1.82, 2.24) is 20.0 Å². The quantitative estimate of drug-likeness (QED) is 0.294. The Hall–Kier alpha value is -3.71. The molecule has 1 heterocycles. The molecule has 228 valence electrons. The lowest BCUT2D eigenvalue weighted by atomic mass is 9.88. The van der Waals surface area contributed by atoms with Gasteiger partial charge in [-0.15, -0.1) is 0 Å². The number of urea groups is 1. The lowest BCUT2D eigenvalue weighted by molar-refractivity contribution is 0.0726. The van der Waals surface area contributed by atoms with Gasteiger partial charge in [0.25, 0.3) is 5.91 Å². The number of hydrogen-bond acceptors (Lipinski definition) is 3. The molecule has 2 aliphatic rings. The van der Waals surface area contributed by atoms with Crippen LogP contribution in [-0.4, -0.2) is 71.9 Å². The highest BCUT2D eigenvalue weighted by Gasteiger charge is 2.40. The molecular weight excluding hydrogens is 539 g/mol. The maximum atomic E-state index is 13.8. The SMILES string of the molecule is CCCN(C(=O)NCc1ccccc1)C1CCN(CC2CC(N(C)C(=O)c3cccc(F)c3)CC2c2ccccc2)CC1. The zero-order chi connectivity index (χ0) is 30.2. The van der Waals surface area contributed by atoms with Crippen molar-refractivity contribution < 1.29 is 14.0 Å². The van der Waals surface area contributed by atoms with Gasteiger partial charge in [0.05, 0.1) is 0 Å². The molecule has 6 nitrogen and oxygen atoms in total. The van der Waals surface area contributed by atoms with E-state index in [1.54, 1.807) is 12.1 Å². The number of nitrogens with one attached hydrogen (secondary N) is 1. The molecule has 1 aliphatic heterocycles. The fraction of sp³-hybridized carbons (Fsp3) is 0.444. The molecular formula is C36H45FN4O2. The lowest BCUT2D eigenvalue weighted by Gasteiger charge is -2.39. The number of carbonyl (C=O) groups is 2. The molecule has 1 saturated carbocycles. The van der Waals surface area contributed by atoms with Crippen molar-refractivity contribution in [3.63, 3.8) is 0 Å². The number of likely N-dealkylation sites (tertiary alicyclic amines) is 1. The molecule has 3 unspecified atom stereocenters. The molecule has 1 aliphatic carbocycles. The Kier molecular flexibility index (Phi) is 10.5. The topological polar surface area (TPSA) is 55.9 Å². The highest BCUT2D eigenvalue weighted by Crippen LogP contribution is 2.42. The first kappa shape index (κ1) is 30.7. The monoisotopic (exact) mass is 584 g/mol. The van der Waals surface area contributed by atoms with Crippen LogP contribution in [0.25, 0.3) is 0 Å². The van der Waals surface area contributed by atoms with Crippen LogP contribution in [0.1, 0.15) is 66.4 Å². The van der Waals surface area contributed by atoms with Gasteiger partial charge in [0.15, 0.2) is 0 Å². The second kappa shape index (κ2) is 14.6. The molecule has 3 aromatic rings. The van der Waals surface area contributed by atoms with Gasteiger partial charge in [-0.2, -0.15) is 0 Å². The number of amides is 3. The molecule has 3 amide bonds. The molecule has 2 fully saturated rings. The maximum absolute atomic E-state index is 13.8. The van der Waals surface area contributed by atoms with Gasteiger partial charge in [0.1, 0.15) is 5.82 Å². The highest BCUT2D eigenvalue weighted by atomic mass is 19.1. The summed E-state index contributed by atoms with van der Waals surface area (Å²) in [6, 6.07) is 27.0. The normalized spacial score (nSPS) is 21.0. The van der Waals surface area contributed by atoms with E-state index >= 15 is 0 Å². The third kappa shape index (κ3) is 7.82. The molecule has 43 heavy (non-hydrogen) atoms. The van der Waals surface area contributed by atoms with Crippen molar-refractivity contribution >= 4 is 11.9 Å². The summed E-state index contributed by atoms with van der Waals surface area (Å²) in [5.74, 6) is 0.249. The average molecular weight is 585 g/mol. The summed E-state index contributed by atoms with van der Waals surface area (Å²) in [6.07, 6.45) is 4.67. The third-order valence-corrected chi connectivity index (χ3v) is 9.34. The largest absolute Gasteiger partial charge is 0.339 e. The molecule has 0 aromatic heterocycles. The summed E-state index contributed by atoms with van der Waals surface area (Å²) in [5.41, 5.74) is 2.82. The zero-order valence-electron chi connectivity index (χ0n) is 25.5. The minimum absolute atomic E-state index is 0.0259. The Morgan fingerprint density at radius 3 is 2.28 bits per heavy atom. The number of halogens is 1. The molecule has 0 spiro atoms. The van der Waals surface area contributed by atoms with E-state index in [0.717, 1.165) is 63.8 Å².